The summed E-state index contributed by atoms with van der Waals surface area (Å²) in [5.74, 6) is 0.488. The van der Waals surface area contributed by atoms with E-state index in [0.29, 0.717) is 27.8 Å². The molecule has 0 fully saturated rings. The van der Waals surface area contributed by atoms with Gasteiger partial charge in [0.25, 0.3) is 5.91 Å². The van der Waals surface area contributed by atoms with Gasteiger partial charge in [0.15, 0.2) is 23.9 Å². The second-order valence-corrected chi connectivity index (χ2v) is 7.65. The maximum absolute atomic E-state index is 12.4. The molecule has 2 aromatic rings. The van der Waals surface area contributed by atoms with Gasteiger partial charge in [-0.1, -0.05) is 32.4 Å². The fourth-order valence-corrected chi connectivity index (χ4v) is 2.54. The summed E-state index contributed by atoms with van der Waals surface area (Å²) < 4.78 is 10.9. The molecule has 0 aliphatic rings. The molecular weight excluding hydrogens is 366 g/mol. The zero-order valence-corrected chi connectivity index (χ0v) is 16.9. The number of rotatable bonds is 6. The van der Waals surface area contributed by atoms with E-state index in [4.69, 9.17) is 21.1 Å². The molecule has 2 aromatic carbocycles. The van der Waals surface area contributed by atoms with E-state index in [1.807, 2.05) is 27.7 Å². The predicted molar refractivity (Wildman–Crippen MR) is 107 cm³/mol. The van der Waals surface area contributed by atoms with Crippen LogP contribution >= 0.6 is 11.6 Å². The number of halogens is 1. The number of ketones is 1. The number of hydrogen-bond acceptors (Lipinski definition) is 4. The highest BCUT2D eigenvalue weighted by Crippen LogP contribution is 2.31. The van der Waals surface area contributed by atoms with E-state index in [1.165, 1.54) is 7.11 Å². The van der Waals surface area contributed by atoms with Crippen LogP contribution in [-0.2, 0) is 4.79 Å². The molecule has 0 heterocycles. The standard InChI is InChI=1S/C21H24ClNO4/c1-13-10-15(7-8-16(13)22)23-19(24)12-27-17-9-6-14(11-18(17)26-5)20(25)21(2,3)4/h6-11H,12H2,1-5H3,(H,23,24). The van der Waals surface area contributed by atoms with Crippen LogP contribution in [-0.4, -0.2) is 25.4 Å². The summed E-state index contributed by atoms with van der Waals surface area (Å²) in [5.41, 5.74) is 1.55. The summed E-state index contributed by atoms with van der Waals surface area (Å²) in [5, 5.41) is 3.39. The van der Waals surface area contributed by atoms with Crippen molar-refractivity contribution in [1.82, 2.24) is 0 Å². The maximum Gasteiger partial charge on any atom is 0.262 e. The third-order valence-corrected chi connectivity index (χ3v) is 4.33. The lowest BCUT2D eigenvalue weighted by atomic mass is 9.86. The van der Waals surface area contributed by atoms with Gasteiger partial charge in [-0.2, -0.15) is 0 Å². The normalized spacial score (nSPS) is 11.0. The van der Waals surface area contributed by atoms with Crippen molar-refractivity contribution in [2.24, 2.45) is 5.41 Å². The van der Waals surface area contributed by atoms with Crippen LogP contribution in [0.3, 0.4) is 0 Å². The van der Waals surface area contributed by atoms with Crippen molar-refractivity contribution in [3.05, 3.63) is 52.5 Å². The number of nitrogens with one attached hydrogen (secondary N) is 1. The van der Waals surface area contributed by atoms with Gasteiger partial charge in [0.2, 0.25) is 0 Å². The molecule has 0 unspecified atom stereocenters. The number of ether oxygens (including phenoxy) is 2. The minimum atomic E-state index is -0.496. The Morgan fingerprint density at radius 3 is 2.37 bits per heavy atom. The smallest absolute Gasteiger partial charge is 0.262 e. The maximum atomic E-state index is 12.4. The molecule has 5 nitrogen and oxygen atoms in total. The first kappa shape index (κ1) is 20.8. The molecule has 2 rings (SSSR count). The quantitative estimate of drug-likeness (QED) is 0.713. The average molecular weight is 390 g/mol. The van der Waals surface area contributed by atoms with Crippen molar-refractivity contribution in [3.8, 4) is 11.5 Å². The Morgan fingerprint density at radius 2 is 1.78 bits per heavy atom. The van der Waals surface area contributed by atoms with E-state index >= 15 is 0 Å². The monoisotopic (exact) mass is 389 g/mol. The highest BCUT2D eigenvalue weighted by molar-refractivity contribution is 6.31. The van der Waals surface area contributed by atoms with Gasteiger partial charge in [-0.3, -0.25) is 9.59 Å². The molecule has 1 amide bonds. The Labute approximate surface area is 164 Å². The number of benzene rings is 2. The van der Waals surface area contributed by atoms with Gasteiger partial charge in [-0.05, 0) is 48.9 Å². The fourth-order valence-electron chi connectivity index (χ4n) is 2.42. The van der Waals surface area contributed by atoms with Gasteiger partial charge in [-0.25, -0.2) is 0 Å². The molecule has 0 aromatic heterocycles. The Bertz CT molecular complexity index is 856. The lowest BCUT2D eigenvalue weighted by Crippen LogP contribution is -2.21. The van der Waals surface area contributed by atoms with E-state index < -0.39 is 5.41 Å². The number of anilines is 1. The zero-order valence-electron chi connectivity index (χ0n) is 16.2. The van der Waals surface area contributed by atoms with Crippen LogP contribution in [0.1, 0.15) is 36.7 Å². The summed E-state index contributed by atoms with van der Waals surface area (Å²) in [6.07, 6.45) is 0. The molecule has 0 aliphatic carbocycles. The lowest BCUT2D eigenvalue weighted by molar-refractivity contribution is -0.118. The summed E-state index contributed by atoms with van der Waals surface area (Å²) >= 11 is 5.98. The zero-order chi connectivity index (χ0) is 20.2. The highest BCUT2D eigenvalue weighted by Gasteiger charge is 2.24. The second kappa shape index (κ2) is 8.44. The van der Waals surface area contributed by atoms with E-state index in [1.54, 1.807) is 36.4 Å². The molecule has 0 aliphatic heterocycles. The number of Topliss-reactive ketones (excluding diaryl/α,β-unsaturated/α-hetero) is 1. The Hall–Kier alpha value is -2.53. The van der Waals surface area contributed by atoms with Gasteiger partial charge in [0.1, 0.15) is 0 Å². The lowest BCUT2D eigenvalue weighted by Gasteiger charge is -2.18. The second-order valence-electron chi connectivity index (χ2n) is 7.25. The Balaban J connectivity index is 2.05. The van der Waals surface area contributed by atoms with Crippen LogP contribution in [0.2, 0.25) is 5.02 Å². The van der Waals surface area contributed by atoms with E-state index in [-0.39, 0.29) is 18.3 Å². The van der Waals surface area contributed by atoms with Gasteiger partial charge in [-0.15, -0.1) is 0 Å². The van der Waals surface area contributed by atoms with Gasteiger partial charge in [0, 0.05) is 21.7 Å². The molecule has 27 heavy (non-hydrogen) atoms. The SMILES string of the molecule is COc1cc(C(=O)C(C)(C)C)ccc1OCC(=O)Nc1ccc(Cl)c(C)c1. The van der Waals surface area contributed by atoms with E-state index in [9.17, 15) is 9.59 Å². The molecular formula is C21H24ClNO4. The summed E-state index contributed by atoms with van der Waals surface area (Å²) in [6, 6.07) is 10.2. The number of amides is 1. The third kappa shape index (κ3) is 5.47. The number of methoxy groups -OCH3 is 1. The number of carbonyl (C=O) groups excluding carboxylic acids is 2. The Morgan fingerprint density at radius 1 is 1.07 bits per heavy atom. The molecule has 0 saturated carbocycles. The van der Waals surface area contributed by atoms with Crippen LogP contribution in [0.4, 0.5) is 5.69 Å². The van der Waals surface area contributed by atoms with Gasteiger partial charge >= 0.3 is 0 Å². The number of hydrogen-bond donors (Lipinski definition) is 1. The van der Waals surface area contributed by atoms with Crippen molar-refractivity contribution in [2.45, 2.75) is 27.7 Å². The van der Waals surface area contributed by atoms with Crippen LogP contribution < -0.4 is 14.8 Å². The molecule has 0 radical (unpaired) electrons. The van der Waals surface area contributed by atoms with Gasteiger partial charge in [0.05, 0.1) is 7.11 Å². The minimum absolute atomic E-state index is 0.00296. The molecule has 144 valence electrons. The predicted octanol–water partition coefficient (Wildman–Crippen LogP) is 4.90. The molecule has 0 spiro atoms. The average Bonchev–Trinajstić information content (AvgIpc) is 2.61. The first-order chi connectivity index (χ1) is 12.6. The Kier molecular flexibility index (Phi) is 6.50. The minimum Gasteiger partial charge on any atom is -0.493 e. The molecule has 0 atom stereocenters. The van der Waals surface area contributed by atoms with Crippen molar-refractivity contribution in [2.75, 3.05) is 19.0 Å². The largest absolute Gasteiger partial charge is 0.493 e. The molecule has 6 heteroatoms. The van der Waals surface area contributed by atoms with Crippen molar-refractivity contribution in [3.63, 3.8) is 0 Å². The molecule has 1 N–H and O–H groups in total. The topological polar surface area (TPSA) is 64.6 Å². The van der Waals surface area contributed by atoms with Crippen LogP contribution in [0.5, 0.6) is 11.5 Å². The molecule has 0 bridgehead atoms. The number of aryl methyl sites for hydroxylation is 1. The first-order valence-electron chi connectivity index (χ1n) is 8.53. The van der Waals surface area contributed by atoms with E-state index in [0.717, 1.165) is 5.56 Å². The van der Waals surface area contributed by atoms with Gasteiger partial charge < -0.3 is 14.8 Å². The molecule has 0 saturated heterocycles. The van der Waals surface area contributed by atoms with Crippen LogP contribution in [0, 0.1) is 12.3 Å². The highest BCUT2D eigenvalue weighted by atomic mass is 35.5. The van der Waals surface area contributed by atoms with Crippen molar-refractivity contribution < 1.29 is 19.1 Å². The van der Waals surface area contributed by atoms with E-state index in [2.05, 4.69) is 5.32 Å². The van der Waals surface area contributed by atoms with Crippen molar-refractivity contribution in [1.29, 1.82) is 0 Å². The summed E-state index contributed by atoms with van der Waals surface area (Å²) in [4.78, 5) is 24.5. The summed E-state index contributed by atoms with van der Waals surface area (Å²) in [6.45, 7) is 7.24. The first-order valence-corrected chi connectivity index (χ1v) is 8.91. The van der Waals surface area contributed by atoms with Crippen LogP contribution in [0.25, 0.3) is 0 Å². The number of carbonyl (C=O) groups is 2. The third-order valence-electron chi connectivity index (χ3n) is 3.91. The van der Waals surface area contributed by atoms with Crippen LogP contribution in [0.15, 0.2) is 36.4 Å². The summed E-state index contributed by atoms with van der Waals surface area (Å²) in [7, 11) is 1.49. The fraction of sp³-hybridized carbons (Fsp3) is 0.333. The van der Waals surface area contributed by atoms with Crippen molar-refractivity contribution >= 4 is 29.0 Å².